The molecule has 0 spiro atoms. The molecule has 0 saturated heterocycles. The molecule has 0 fully saturated rings. The van der Waals surface area contributed by atoms with Gasteiger partial charge >= 0.3 is 6.18 Å². The van der Waals surface area contributed by atoms with Crippen molar-refractivity contribution in [3.63, 3.8) is 0 Å². The first kappa shape index (κ1) is 14.4. The molecule has 110 valence electrons. The van der Waals surface area contributed by atoms with Crippen molar-refractivity contribution < 1.29 is 17.9 Å². The summed E-state index contributed by atoms with van der Waals surface area (Å²) in [5.74, 6) is 0. The zero-order chi connectivity index (χ0) is 15.2. The van der Waals surface area contributed by atoms with Crippen LogP contribution in [0.3, 0.4) is 0 Å². The molecule has 1 N–H and O–H groups in total. The van der Waals surface area contributed by atoms with E-state index in [1.165, 1.54) is 12.1 Å². The zero-order valence-corrected chi connectivity index (χ0v) is 12.8. The highest BCUT2D eigenvalue weighted by atomic mass is 79.9. The molecule has 1 atom stereocenters. The average molecular weight is 358 g/mol. The van der Waals surface area contributed by atoms with Crippen LogP contribution in [0.25, 0.3) is 11.6 Å². The third-order valence-electron chi connectivity index (χ3n) is 3.68. The smallest absolute Gasteiger partial charge is 0.171 e. The molecule has 2 nitrogen and oxygen atoms in total. The maximum absolute atomic E-state index is 12.6. The first-order chi connectivity index (χ1) is 9.86. The predicted octanol–water partition coefficient (Wildman–Crippen LogP) is 4.59. The average Bonchev–Trinajstić information content (AvgIpc) is 2.80. The molecule has 6 heteroatoms. The fourth-order valence-electron chi connectivity index (χ4n) is 2.60. The van der Waals surface area contributed by atoms with E-state index in [-0.39, 0.29) is 6.04 Å². The lowest BCUT2D eigenvalue weighted by molar-refractivity contribution is -0.772. The summed E-state index contributed by atoms with van der Waals surface area (Å²) in [6.07, 6.45) is 0.344. The highest BCUT2D eigenvalue weighted by Crippen LogP contribution is 2.34. The first-order valence-electron chi connectivity index (χ1n) is 6.53. The maximum atomic E-state index is 12.6. The third kappa shape index (κ3) is 2.64. The maximum Gasteiger partial charge on any atom is 0.416 e. The van der Waals surface area contributed by atoms with Crippen molar-refractivity contribution in [2.45, 2.75) is 25.6 Å². The van der Waals surface area contributed by atoms with Crippen LogP contribution in [0.15, 0.2) is 34.9 Å². The summed E-state index contributed by atoms with van der Waals surface area (Å²) < 4.78 is 40.8. The van der Waals surface area contributed by atoms with Gasteiger partial charge < -0.3 is 0 Å². The summed E-state index contributed by atoms with van der Waals surface area (Å²) in [5.41, 5.74) is 2.25. The van der Waals surface area contributed by atoms with E-state index in [2.05, 4.69) is 28.0 Å². The van der Waals surface area contributed by atoms with Gasteiger partial charge in [0.2, 0.25) is 5.69 Å². The minimum atomic E-state index is -4.29. The first-order valence-corrected chi connectivity index (χ1v) is 7.32. The van der Waals surface area contributed by atoms with Gasteiger partial charge in [0.05, 0.1) is 11.8 Å². The number of benzene rings is 1. The number of H-pyrrole nitrogens is 1. The van der Waals surface area contributed by atoms with E-state index < -0.39 is 11.7 Å². The molecule has 1 aliphatic heterocycles. The lowest BCUT2D eigenvalue weighted by Crippen LogP contribution is -2.43. The van der Waals surface area contributed by atoms with E-state index in [1.807, 2.05) is 17.0 Å². The van der Waals surface area contributed by atoms with Crippen LogP contribution < -0.4 is 4.68 Å². The summed E-state index contributed by atoms with van der Waals surface area (Å²) in [7, 11) is 0. The second-order valence-corrected chi connectivity index (χ2v) is 6.03. The lowest BCUT2D eigenvalue weighted by Gasteiger charge is -2.15. The molecule has 2 heterocycles. The van der Waals surface area contributed by atoms with Crippen molar-refractivity contribution in [1.82, 2.24) is 5.10 Å². The van der Waals surface area contributed by atoms with Crippen molar-refractivity contribution in [2.24, 2.45) is 0 Å². The highest BCUT2D eigenvalue weighted by Gasteiger charge is 2.31. The van der Waals surface area contributed by atoms with Crippen molar-refractivity contribution in [1.29, 1.82) is 0 Å². The van der Waals surface area contributed by atoms with Crippen molar-refractivity contribution in [2.75, 3.05) is 0 Å². The largest absolute Gasteiger partial charge is 0.416 e. The van der Waals surface area contributed by atoms with Gasteiger partial charge in [-0.2, -0.15) is 18.3 Å². The SMILES string of the molecule is C[C@H]1CC(c2ccc(C(F)(F)F)cc2)=Cc2c(Br)c[nH][n+]21. The van der Waals surface area contributed by atoms with Gasteiger partial charge in [0.1, 0.15) is 4.47 Å². The fourth-order valence-corrected chi connectivity index (χ4v) is 3.00. The van der Waals surface area contributed by atoms with Gasteiger partial charge in [-0.25, -0.2) is 0 Å². The lowest BCUT2D eigenvalue weighted by atomic mass is 9.95. The summed E-state index contributed by atoms with van der Waals surface area (Å²) in [4.78, 5) is 0. The number of aromatic amines is 1. The van der Waals surface area contributed by atoms with Crippen LogP contribution in [0.5, 0.6) is 0 Å². The third-order valence-corrected chi connectivity index (χ3v) is 4.32. The summed E-state index contributed by atoms with van der Waals surface area (Å²) in [6.45, 7) is 2.07. The quantitative estimate of drug-likeness (QED) is 0.720. The topological polar surface area (TPSA) is 19.7 Å². The Balaban J connectivity index is 1.98. The summed E-state index contributed by atoms with van der Waals surface area (Å²) in [6, 6.07) is 5.58. The number of hydrogen-bond donors (Lipinski definition) is 1. The van der Waals surface area contributed by atoms with E-state index in [0.717, 1.165) is 39.9 Å². The Kier molecular flexibility index (Phi) is 3.43. The number of hydrogen-bond acceptors (Lipinski definition) is 0. The van der Waals surface area contributed by atoms with E-state index in [9.17, 15) is 13.2 Å². The molecule has 1 aromatic heterocycles. The van der Waals surface area contributed by atoms with Gasteiger partial charge in [-0.3, -0.25) is 0 Å². The Labute approximate surface area is 128 Å². The van der Waals surface area contributed by atoms with Crippen LogP contribution in [0.4, 0.5) is 13.2 Å². The molecule has 2 aromatic rings. The van der Waals surface area contributed by atoms with Crippen LogP contribution in [0.2, 0.25) is 0 Å². The van der Waals surface area contributed by atoms with E-state index in [0.29, 0.717) is 0 Å². The Bertz CT molecular complexity index is 699. The molecule has 3 rings (SSSR count). The van der Waals surface area contributed by atoms with Gasteiger partial charge in [-0.1, -0.05) is 12.1 Å². The number of fused-ring (bicyclic) bond motifs is 1. The van der Waals surface area contributed by atoms with Gasteiger partial charge in [0, 0.05) is 19.4 Å². The number of halogens is 4. The monoisotopic (exact) mass is 357 g/mol. The van der Waals surface area contributed by atoms with Crippen LogP contribution >= 0.6 is 15.9 Å². The second-order valence-electron chi connectivity index (χ2n) is 5.17. The normalized spacial score (nSPS) is 18.3. The number of alkyl halides is 3. The van der Waals surface area contributed by atoms with Crippen molar-refractivity contribution in [3.05, 3.63) is 51.8 Å². The molecule has 21 heavy (non-hydrogen) atoms. The number of nitrogens with one attached hydrogen (secondary N) is 1. The Hall–Kier alpha value is -1.56. The molecule has 0 radical (unpaired) electrons. The van der Waals surface area contributed by atoms with Crippen molar-refractivity contribution in [3.8, 4) is 0 Å². The van der Waals surface area contributed by atoms with Gasteiger partial charge in [0.15, 0.2) is 6.04 Å². The van der Waals surface area contributed by atoms with Gasteiger partial charge in [0.25, 0.3) is 0 Å². The van der Waals surface area contributed by atoms with Crippen LogP contribution in [0, 0.1) is 0 Å². The highest BCUT2D eigenvalue weighted by molar-refractivity contribution is 9.10. The van der Waals surface area contributed by atoms with Crippen LogP contribution in [0.1, 0.15) is 36.2 Å². The molecule has 1 aromatic carbocycles. The molecular weight excluding hydrogens is 345 g/mol. The minimum absolute atomic E-state index is 0.230. The molecule has 0 amide bonds. The molecule has 0 unspecified atom stereocenters. The second kappa shape index (κ2) is 5.02. The number of aromatic nitrogens is 2. The summed E-state index contributed by atoms with van der Waals surface area (Å²) in [5, 5.41) is 3.15. The molecule has 0 aliphatic carbocycles. The molecule has 1 aliphatic rings. The zero-order valence-electron chi connectivity index (χ0n) is 11.2. The van der Waals surface area contributed by atoms with Gasteiger partial charge in [-0.05, 0) is 39.2 Å². The van der Waals surface area contributed by atoms with Crippen LogP contribution in [-0.4, -0.2) is 5.10 Å². The number of rotatable bonds is 1. The van der Waals surface area contributed by atoms with Crippen molar-refractivity contribution >= 4 is 27.6 Å². The minimum Gasteiger partial charge on any atom is -0.171 e. The molecular formula is C15H13BrF3N2+. The predicted molar refractivity (Wildman–Crippen MR) is 77.3 cm³/mol. The standard InChI is InChI=1S/C15H12BrF3N2/c1-9-6-11(7-14-13(16)8-20-21(9)14)10-2-4-12(5-3-10)15(17,18)19/h2-5,7-9H,6H2,1H3/p+1/t9-/m0/s1. The van der Waals surface area contributed by atoms with E-state index in [4.69, 9.17) is 0 Å². The Morgan fingerprint density at radius 3 is 2.52 bits per heavy atom. The Morgan fingerprint density at radius 1 is 1.24 bits per heavy atom. The van der Waals surface area contributed by atoms with E-state index in [1.54, 1.807) is 0 Å². The van der Waals surface area contributed by atoms with Gasteiger partial charge in [-0.15, -0.1) is 4.68 Å². The fraction of sp³-hybridized carbons (Fsp3) is 0.267. The van der Waals surface area contributed by atoms with Crippen LogP contribution in [-0.2, 0) is 6.18 Å². The molecule has 0 saturated carbocycles. The van der Waals surface area contributed by atoms with E-state index >= 15 is 0 Å². The Morgan fingerprint density at radius 2 is 1.90 bits per heavy atom. The summed E-state index contributed by atoms with van der Waals surface area (Å²) >= 11 is 3.47. The number of nitrogens with zero attached hydrogens (tertiary/aromatic N) is 1. The molecule has 0 bridgehead atoms. The number of allylic oxidation sites excluding steroid dienone is 1.